The highest BCUT2D eigenvalue weighted by atomic mass is 127. The summed E-state index contributed by atoms with van der Waals surface area (Å²) >= 11 is 2.20. The predicted octanol–water partition coefficient (Wildman–Crippen LogP) is 4.10. The van der Waals surface area contributed by atoms with Crippen molar-refractivity contribution in [2.75, 3.05) is 13.2 Å². The van der Waals surface area contributed by atoms with Crippen LogP contribution in [0.15, 0.2) is 48.5 Å². The molecule has 0 heterocycles. The summed E-state index contributed by atoms with van der Waals surface area (Å²) in [5.74, 6) is -0.0239. The number of hydrogen-bond donors (Lipinski definition) is 0. The van der Waals surface area contributed by atoms with Crippen molar-refractivity contribution in [1.29, 1.82) is 0 Å². The second-order valence-electron chi connectivity index (χ2n) is 5.32. The number of benzene rings is 2. The second-order valence-corrected chi connectivity index (χ2v) is 6.57. The number of ketones is 1. The first kappa shape index (κ1) is 18.4. The van der Waals surface area contributed by atoms with Crippen molar-refractivity contribution in [2.24, 2.45) is 5.92 Å². The van der Waals surface area contributed by atoms with Crippen LogP contribution in [0.1, 0.15) is 29.8 Å². The fourth-order valence-corrected chi connectivity index (χ4v) is 2.40. The zero-order chi connectivity index (χ0) is 17.5. The van der Waals surface area contributed by atoms with E-state index in [2.05, 4.69) is 22.6 Å². The van der Waals surface area contributed by atoms with Crippen molar-refractivity contribution in [3.8, 4) is 5.75 Å². The first-order valence-electron chi connectivity index (χ1n) is 7.71. The summed E-state index contributed by atoms with van der Waals surface area (Å²) in [5.41, 5.74) is 1.25. The highest BCUT2D eigenvalue weighted by Crippen LogP contribution is 2.17. The lowest BCUT2D eigenvalue weighted by molar-refractivity contribution is -0.148. The number of halogens is 1. The smallest absolute Gasteiger partial charge is 0.312 e. The number of ether oxygens (including phenoxy) is 2. The Hall–Kier alpha value is -1.89. The van der Waals surface area contributed by atoms with Gasteiger partial charge in [-0.2, -0.15) is 0 Å². The number of hydrogen-bond acceptors (Lipinski definition) is 4. The van der Waals surface area contributed by atoms with Gasteiger partial charge in [-0.1, -0.05) is 0 Å². The summed E-state index contributed by atoms with van der Waals surface area (Å²) in [6, 6.07) is 14.4. The van der Waals surface area contributed by atoms with Crippen LogP contribution in [0, 0.1) is 9.49 Å². The van der Waals surface area contributed by atoms with Gasteiger partial charge in [0.2, 0.25) is 0 Å². The summed E-state index contributed by atoms with van der Waals surface area (Å²) in [6.07, 6.45) is 0. The van der Waals surface area contributed by atoms with Crippen molar-refractivity contribution in [3.63, 3.8) is 0 Å². The van der Waals surface area contributed by atoms with Gasteiger partial charge in [0.05, 0.1) is 12.5 Å². The Morgan fingerprint density at radius 2 is 1.54 bits per heavy atom. The number of esters is 1. The molecule has 0 bridgehead atoms. The Bertz CT molecular complexity index is 692. The Labute approximate surface area is 155 Å². The van der Waals surface area contributed by atoms with E-state index in [0.29, 0.717) is 23.5 Å². The van der Waals surface area contributed by atoms with Crippen LogP contribution in [0.3, 0.4) is 0 Å². The van der Waals surface area contributed by atoms with Crippen LogP contribution in [0.5, 0.6) is 5.75 Å². The zero-order valence-electron chi connectivity index (χ0n) is 13.6. The lowest BCUT2D eigenvalue weighted by atomic mass is 10.0. The quantitative estimate of drug-likeness (QED) is 0.371. The molecular weight excluding hydrogens is 419 g/mol. The van der Waals surface area contributed by atoms with Crippen LogP contribution in [-0.4, -0.2) is 25.0 Å². The van der Waals surface area contributed by atoms with E-state index >= 15 is 0 Å². The van der Waals surface area contributed by atoms with Crippen LogP contribution in [0.25, 0.3) is 0 Å². The van der Waals surface area contributed by atoms with Gasteiger partial charge < -0.3 is 9.47 Å². The van der Waals surface area contributed by atoms with Crippen LogP contribution in [-0.2, 0) is 9.53 Å². The molecule has 0 aliphatic heterocycles. The minimum Gasteiger partial charge on any atom is -0.493 e. The molecule has 0 aliphatic carbocycles. The fraction of sp³-hybridized carbons (Fsp3) is 0.263. The van der Waals surface area contributed by atoms with Crippen LogP contribution in [0.2, 0.25) is 0 Å². The van der Waals surface area contributed by atoms with Crippen molar-refractivity contribution in [1.82, 2.24) is 0 Å². The molecule has 126 valence electrons. The third-order valence-electron chi connectivity index (χ3n) is 3.41. The van der Waals surface area contributed by atoms with Gasteiger partial charge in [-0.25, -0.2) is 0 Å². The van der Waals surface area contributed by atoms with E-state index in [1.165, 1.54) is 0 Å². The number of rotatable bonds is 7. The summed E-state index contributed by atoms with van der Waals surface area (Å²) in [5, 5.41) is 0. The predicted molar refractivity (Wildman–Crippen MR) is 100 cm³/mol. The van der Waals surface area contributed by atoms with E-state index in [0.717, 1.165) is 3.57 Å². The molecule has 0 spiro atoms. The molecule has 0 radical (unpaired) electrons. The molecule has 2 rings (SSSR count). The maximum atomic E-state index is 12.4. The molecule has 1 atom stereocenters. The van der Waals surface area contributed by atoms with Gasteiger partial charge in [0.1, 0.15) is 12.4 Å². The Morgan fingerprint density at radius 3 is 2.08 bits per heavy atom. The molecule has 0 aliphatic rings. The molecule has 24 heavy (non-hydrogen) atoms. The monoisotopic (exact) mass is 438 g/mol. The highest BCUT2D eigenvalue weighted by molar-refractivity contribution is 14.1. The van der Waals surface area contributed by atoms with Crippen LogP contribution >= 0.6 is 22.6 Å². The van der Waals surface area contributed by atoms with Crippen LogP contribution in [0.4, 0.5) is 0 Å². The number of carbonyl (C=O) groups is 2. The third-order valence-corrected chi connectivity index (χ3v) is 4.13. The molecule has 5 heteroatoms. The van der Waals surface area contributed by atoms with Gasteiger partial charge in [-0.05, 0) is 85.0 Å². The Morgan fingerprint density at radius 1 is 1.00 bits per heavy atom. The van der Waals surface area contributed by atoms with Crippen molar-refractivity contribution >= 4 is 34.3 Å². The summed E-state index contributed by atoms with van der Waals surface area (Å²) in [7, 11) is 0. The van der Waals surface area contributed by atoms with E-state index < -0.39 is 0 Å². The van der Waals surface area contributed by atoms with Crippen LogP contribution < -0.4 is 4.74 Å². The average Bonchev–Trinajstić information content (AvgIpc) is 2.60. The lowest BCUT2D eigenvalue weighted by Gasteiger charge is -2.12. The Balaban J connectivity index is 1.96. The molecule has 2 aromatic carbocycles. The second kappa shape index (κ2) is 8.82. The van der Waals surface area contributed by atoms with Gasteiger partial charge in [0.25, 0.3) is 0 Å². The van der Waals surface area contributed by atoms with E-state index in [1.807, 2.05) is 24.3 Å². The summed E-state index contributed by atoms with van der Waals surface area (Å²) in [4.78, 5) is 23.9. The summed E-state index contributed by atoms with van der Waals surface area (Å²) < 4.78 is 11.6. The Kier molecular flexibility index (Phi) is 6.78. The number of carbonyl (C=O) groups excluding carboxylic acids is 2. The van der Waals surface area contributed by atoms with Crippen molar-refractivity contribution in [2.45, 2.75) is 13.8 Å². The molecule has 0 saturated carbocycles. The van der Waals surface area contributed by atoms with Gasteiger partial charge in [-0.3, -0.25) is 9.59 Å². The standard InChI is InChI=1S/C19H19IO4/c1-3-23-19(22)13(2)12-24-17-10-6-15(7-11-17)18(21)14-4-8-16(20)9-5-14/h4-11,13H,3,12H2,1-2H3. The van der Waals surface area contributed by atoms with E-state index in [1.54, 1.807) is 38.1 Å². The van der Waals surface area contributed by atoms with Gasteiger partial charge in [-0.15, -0.1) is 0 Å². The van der Waals surface area contributed by atoms with Crippen molar-refractivity contribution < 1.29 is 19.1 Å². The molecule has 4 nitrogen and oxygen atoms in total. The minimum atomic E-state index is -0.335. The SMILES string of the molecule is CCOC(=O)C(C)COc1ccc(C(=O)c2ccc(I)cc2)cc1. The fourth-order valence-electron chi connectivity index (χ4n) is 2.04. The topological polar surface area (TPSA) is 52.6 Å². The molecular formula is C19H19IO4. The largest absolute Gasteiger partial charge is 0.493 e. The van der Waals surface area contributed by atoms with Crippen molar-refractivity contribution in [3.05, 3.63) is 63.2 Å². The minimum absolute atomic E-state index is 0.0298. The zero-order valence-corrected chi connectivity index (χ0v) is 15.8. The third kappa shape index (κ3) is 5.06. The molecule has 0 saturated heterocycles. The molecule has 0 fully saturated rings. The maximum absolute atomic E-state index is 12.4. The first-order valence-corrected chi connectivity index (χ1v) is 8.79. The first-order chi connectivity index (χ1) is 11.5. The highest BCUT2D eigenvalue weighted by Gasteiger charge is 2.15. The lowest BCUT2D eigenvalue weighted by Crippen LogP contribution is -2.21. The van der Waals surface area contributed by atoms with E-state index in [4.69, 9.17) is 9.47 Å². The normalized spacial score (nSPS) is 11.6. The molecule has 0 N–H and O–H groups in total. The van der Waals surface area contributed by atoms with E-state index in [-0.39, 0.29) is 24.3 Å². The molecule has 0 aromatic heterocycles. The van der Waals surface area contributed by atoms with Gasteiger partial charge >= 0.3 is 5.97 Å². The molecule has 2 aromatic rings. The molecule has 0 amide bonds. The summed E-state index contributed by atoms with van der Waals surface area (Å²) in [6.45, 7) is 4.13. The van der Waals surface area contributed by atoms with Gasteiger partial charge in [0, 0.05) is 14.7 Å². The average molecular weight is 438 g/mol. The maximum Gasteiger partial charge on any atom is 0.312 e. The van der Waals surface area contributed by atoms with E-state index in [9.17, 15) is 9.59 Å². The molecule has 1 unspecified atom stereocenters. The van der Waals surface area contributed by atoms with Gasteiger partial charge in [0.15, 0.2) is 5.78 Å².